The number of nitrogens with zero attached hydrogens (tertiary/aromatic N) is 2. The molecule has 1 unspecified atom stereocenters. The predicted octanol–water partition coefficient (Wildman–Crippen LogP) is 2.66. The largest absolute Gasteiger partial charge is 0.416 e. The van der Waals surface area contributed by atoms with Crippen LogP contribution in [0.4, 0.5) is 13.2 Å². The van der Waals surface area contributed by atoms with E-state index >= 15 is 0 Å². The third kappa shape index (κ3) is 3.20. The van der Waals surface area contributed by atoms with E-state index in [1.165, 1.54) is 12.1 Å². The summed E-state index contributed by atoms with van der Waals surface area (Å²) in [7, 11) is 0. The van der Waals surface area contributed by atoms with Crippen LogP contribution >= 0.6 is 0 Å². The second-order valence-electron chi connectivity index (χ2n) is 4.71. The van der Waals surface area contributed by atoms with Crippen molar-refractivity contribution in [3.63, 3.8) is 0 Å². The molecule has 0 radical (unpaired) electrons. The summed E-state index contributed by atoms with van der Waals surface area (Å²) >= 11 is 0. The second-order valence-corrected chi connectivity index (χ2v) is 4.71. The summed E-state index contributed by atoms with van der Waals surface area (Å²) < 4.78 is 39.4. The highest BCUT2D eigenvalue weighted by Gasteiger charge is 2.35. The van der Waals surface area contributed by atoms with Gasteiger partial charge in [-0.3, -0.25) is 5.84 Å². The summed E-state index contributed by atoms with van der Waals surface area (Å²) in [6, 6.07) is 6.21. The summed E-state index contributed by atoms with van der Waals surface area (Å²) in [4.78, 5) is 0. The van der Waals surface area contributed by atoms with E-state index in [4.69, 9.17) is 5.84 Å². The molecule has 1 heterocycles. The molecule has 112 valence electrons. The smallest absolute Gasteiger partial charge is 0.271 e. The van der Waals surface area contributed by atoms with Crippen LogP contribution in [0.3, 0.4) is 0 Å². The molecule has 0 aliphatic heterocycles. The van der Waals surface area contributed by atoms with Crippen molar-refractivity contribution in [3.8, 4) is 0 Å². The van der Waals surface area contributed by atoms with Crippen LogP contribution in [0, 0.1) is 13.8 Å². The van der Waals surface area contributed by atoms with E-state index in [-0.39, 0.29) is 5.56 Å². The molecule has 0 bridgehead atoms. The van der Waals surface area contributed by atoms with Crippen LogP contribution in [0.5, 0.6) is 0 Å². The molecule has 2 aromatic rings. The highest BCUT2D eigenvalue weighted by Crippen LogP contribution is 2.36. The third-order valence-electron chi connectivity index (χ3n) is 3.19. The van der Waals surface area contributed by atoms with Gasteiger partial charge in [0.1, 0.15) is 0 Å². The molecule has 1 aromatic carbocycles. The Labute approximate surface area is 120 Å². The molecule has 7 heteroatoms. The Morgan fingerprint density at radius 3 is 2.38 bits per heavy atom. The first-order valence-corrected chi connectivity index (χ1v) is 6.27. The predicted molar refractivity (Wildman–Crippen MR) is 72.1 cm³/mol. The van der Waals surface area contributed by atoms with Gasteiger partial charge < -0.3 is 0 Å². The normalized spacial score (nSPS) is 13.2. The van der Waals surface area contributed by atoms with E-state index < -0.39 is 17.8 Å². The third-order valence-corrected chi connectivity index (χ3v) is 3.19. The monoisotopic (exact) mass is 296 g/mol. The zero-order valence-electron chi connectivity index (χ0n) is 11.6. The fourth-order valence-electron chi connectivity index (χ4n) is 2.22. The quantitative estimate of drug-likeness (QED) is 0.675. The Kier molecular flexibility index (Phi) is 4.24. The van der Waals surface area contributed by atoms with E-state index in [0.29, 0.717) is 17.0 Å². The van der Waals surface area contributed by atoms with Gasteiger partial charge in [0.05, 0.1) is 23.0 Å². The maximum atomic E-state index is 13.1. The number of rotatable bonds is 3. The Morgan fingerprint density at radius 1 is 1.10 bits per heavy atom. The van der Waals surface area contributed by atoms with Gasteiger partial charge in [0.25, 0.3) is 0 Å². The van der Waals surface area contributed by atoms with E-state index in [9.17, 15) is 13.2 Å². The van der Waals surface area contributed by atoms with Crippen LogP contribution in [0.2, 0.25) is 0 Å². The van der Waals surface area contributed by atoms with Crippen molar-refractivity contribution in [1.29, 1.82) is 0 Å². The van der Waals surface area contributed by atoms with Gasteiger partial charge in [0.2, 0.25) is 0 Å². The molecule has 0 aliphatic rings. The summed E-state index contributed by atoms with van der Waals surface area (Å²) in [5, 5.41) is 7.82. The van der Waals surface area contributed by atoms with Gasteiger partial charge in [-0.1, -0.05) is 18.2 Å². The van der Waals surface area contributed by atoms with Crippen LogP contribution in [0.25, 0.3) is 0 Å². The second kappa shape index (κ2) is 5.79. The van der Waals surface area contributed by atoms with Gasteiger partial charge in [0, 0.05) is 0 Å². The molecule has 4 nitrogen and oxygen atoms in total. The minimum absolute atomic E-state index is 0.0583. The van der Waals surface area contributed by atoms with Crippen LogP contribution in [-0.2, 0) is 6.18 Å². The molecule has 0 amide bonds. The zero-order chi connectivity index (χ0) is 15.6. The Hall–Kier alpha value is -1.99. The topological polar surface area (TPSA) is 63.8 Å². The Balaban J connectivity index is 2.60. The number of halogens is 3. The molecular weight excluding hydrogens is 281 g/mol. The molecule has 1 aromatic heterocycles. The van der Waals surface area contributed by atoms with Crippen molar-refractivity contribution in [2.45, 2.75) is 26.1 Å². The Bertz CT molecular complexity index is 640. The lowest BCUT2D eigenvalue weighted by molar-refractivity contribution is -0.138. The van der Waals surface area contributed by atoms with Crippen molar-refractivity contribution >= 4 is 0 Å². The van der Waals surface area contributed by atoms with E-state index in [0.717, 1.165) is 6.07 Å². The van der Waals surface area contributed by atoms with Crippen LogP contribution < -0.4 is 11.3 Å². The number of nitrogens with one attached hydrogen (secondary N) is 1. The first-order valence-electron chi connectivity index (χ1n) is 6.27. The highest BCUT2D eigenvalue weighted by atomic mass is 19.4. The molecular formula is C14H15F3N4. The van der Waals surface area contributed by atoms with Gasteiger partial charge in [-0.05, 0) is 37.1 Å². The molecule has 0 spiro atoms. The van der Waals surface area contributed by atoms with Crippen molar-refractivity contribution in [1.82, 2.24) is 15.6 Å². The molecule has 0 saturated heterocycles. The number of alkyl halides is 3. The number of nitrogens with two attached hydrogens (primary N) is 1. The van der Waals surface area contributed by atoms with Gasteiger partial charge >= 0.3 is 6.18 Å². The fraction of sp³-hybridized carbons (Fsp3) is 0.286. The van der Waals surface area contributed by atoms with Gasteiger partial charge in [-0.2, -0.15) is 23.4 Å². The minimum Gasteiger partial charge on any atom is -0.271 e. The molecule has 0 saturated carbocycles. The van der Waals surface area contributed by atoms with Crippen molar-refractivity contribution in [2.75, 3.05) is 0 Å². The average molecular weight is 296 g/mol. The lowest BCUT2D eigenvalue weighted by Crippen LogP contribution is -2.31. The first-order chi connectivity index (χ1) is 9.84. The number of hydrazine groups is 1. The van der Waals surface area contributed by atoms with E-state index in [2.05, 4.69) is 15.6 Å². The number of aryl methyl sites for hydroxylation is 2. The van der Waals surface area contributed by atoms with Gasteiger partial charge in [-0.25, -0.2) is 5.43 Å². The summed E-state index contributed by atoms with van der Waals surface area (Å²) in [6.45, 7) is 3.40. The summed E-state index contributed by atoms with van der Waals surface area (Å²) in [5.74, 6) is 5.50. The SMILES string of the molecule is Cc1cc(C(NN)c2ccccc2C(F)(F)F)c(C)nn1. The lowest BCUT2D eigenvalue weighted by Gasteiger charge is -2.22. The molecule has 2 rings (SSSR count). The lowest BCUT2D eigenvalue weighted by atomic mass is 9.93. The van der Waals surface area contributed by atoms with Crippen LogP contribution in [0.15, 0.2) is 30.3 Å². The zero-order valence-corrected chi connectivity index (χ0v) is 11.6. The van der Waals surface area contributed by atoms with E-state index in [1.54, 1.807) is 26.0 Å². The number of hydrogen-bond acceptors (Lipinski definition) is 4. The molecule has 21 heavy (non-hydrogen) atoms. The van der Waals surface area contributed by atoms with Crippen molar-refractivity contribution in [3.05, 3.63) is 58.4 Å². The highest BCUT2D eigenvalue weighted by molar-refractivity contribution is 5.40. The van der Waals surface area contributed by atoms with Crippen LogP contribution in [0.1, 0.15) is 34.1 Å². The number of aromatic nitrogens is 2. The van der Waals surface area contributed by atoms with Crippen molar-refractivity contribution in [2.24, 2.45) is 5.84 Å². The fourth-order valence-corrected chi connectivity index (χ4v) is 2.22. The average Bonchev–Trinajstić information content (AvgIpc) is 2.43. The Morgan fingerprint density at radius 2 is 1.76 bits per heavy atom. The molecule has 3 N–H and O–H groups in total. The van der Waals surface area contributed by atoms with Gasteiger partial charge in [0.15, 0.2) is 0 Å². The number of benzene rings is 1. The standard InChI is InChI=1S/C14H15F3N4/c1-8-7-11(9(2)21-20-8)13(19-18)10-5-3-4-6-12(10)14(15,16)17/h3-7,13,19H,18H2,1-2H3. The maximum absolute atomic E-state index is 13.1. The molecule has 0 fully saturated rings. The maximum Gasteiger partial charge on any atom is 0.416 e. The first kappa shape index (κ1) is 15.4. The van der Waals surface area contributed by atoms with Crippen LogP contribution in [-0.4, -0.2) is 10.2 Å². The summed E-state index contributed by atoms with van der Waals surface area (Å²) in [6.07, 6.45) is -4.45. The summed E-state index contributed by atoms with van der Waals surface area (Å²) in [5.41, 5.74) is 3.50. The number of hydrogen-bond donors (Lipinski definition) is 2. The van der Waals surface area contributed by atoms with Gasteiger partial charge in [-0.15, -0.1) is 0 Å². The van der Waals surface area contributed by atoms with Crippen molar-refractivity contribution < 1.29 is 13.2 Å². The molecule has 1 atom stereocenters. The molecule has 0 aliphatic carbocycles. The van der Waals surface area contributed by atoms with E-state index in [1.807, 2.05) is 0 Å². The minimum atomic E-state index is -4.45.